The molecule has 0 aliphatic heterocycles. The molecule has 0 heterocycles. The minimum absolute atomic E-state index is 0.224. The lowest BCUT2D eigenvalue weighted by molar-refractivity contribution is 0.280. The maximum atomic E-state index is 13.9. The molecular weight excluding hydrogens is 291 g/mol. The van der Waals surface area contributed by atoms with Crippen LogP contribution in [0.1, 0.15) is 25.7 Å². The Bertz CT molecular complexity index is 647. The minimum Gasteiger partial charge on any atom is -0.399 e. The molecule has 2 saturated carbocycles. The third-order valence-corrected chi connectivity index (χ3v) is 6.88. The van der Waals surface area contributed by atoms with E-state index in [1.807, 2.05) is 0 Å². The molecule has 2 fully saturated rings. The molecule has 3 atom stereocenters. The lowest BCUT2D eigenvalue weighted by Gasteiger charge is -2.26. The van der Waals surface area contributed by atoms with Crippen molar-refractivity contribution in [2.45, 2.75) is 30.6 Å². The minimum atomic E-state index is -3.79. The van der Waals surface area contributed by atoms with Gasteiger partial charge in [0.2, 0.25) is 10.0 Å². The average Bonchev–Trinajstić information content (AvgIpc) is 3.00. The summed E-state index contributed by atoms with van der Waals surface area (Å²) < 4.78 is 40.2. The molecule has 2 aliphatic carbocycles. The fourth-order valence-corrected chi connectivity index (χ4v) is 5.19. The van der Waals surface area contributed by atoms with Gasteiger partial charge in [-0.2, -0.15) is 0 Å². The number of anilines is 1. The number of benzene rings is 1. The van der Waals surface area contributed by atoms with Gasteiger partial charge in [0.25, 0.3) is 0 Å². The normalized spacial score (nSPS) is 28.4. The van der Waals surface area contributed by atoms with Gasteiger partial charge in [-0.05, 0) is 55.2 Å². The smallest absolute Gasteiger partial charge is 0.245 e. The lowest BCUT2D eigenvalue weighted by Crippen LogP contribution is -2.34. The van der Waals surface area contributed by atoms with Crippen molar-refractivity contribution in [3.8, 4) is 0 Å². The quantitative estimate of drug-likeness (QED) is 0.869. The number of fused-ring (bicyclic) bond motifs is 2. The zero-order valence-corrected chi connectivity index (χ0v) is 12.9. The van der Waals surface area contributed by atoms with Crippen LogP contribution in [0.25, 0.3) is 0 Å². The van der Waals surface area contributed by atoms with E-state index in [4.69, 9.17) is 5.73 Å². The van der Waals surface area contributed by atoms with Gasteiger partial charge in [-0.1, -0.05) is 6.42 Å². The average molecular weight is 312 g/mol. The maximum absolute atomic E-state index is 13.9. The predicted octanol–water partition coefficient (Wildman–Crippen LogP) is 2.46. The first-order valence-corrected chi connectivity index (χ1v) is 8.83. The SMILES string of the molecule is CN(CC1CC2CCC1C2)S(=O)(=O)c1ccc(N)cc1F. The second-order valence-corrected chi connectivity index (χ2v) is 8.42. The Morgan fingerprint density at radius 3 is 2.67 bits per heavy atom. The zero-order chi connectivity index (χ0) is 15.2. The van der Waals surface area contributed by atoms with E-state index in [9.17, 15) is 12.8 Å². The first-order chi connectivity index (χ1) is 9.88. The molecule has 0 saturated heterocycles. The molecule has 2 N–H and O–H groups in total. The van der Waals surface area contributed by atoms with Crippen LogP contribution in [0.2, 0.25) is 0 Å². The second kappa shape index (κ2) is 5.25. The van der Waals surface area contributed by atoms with Crippen molar-refractivity contribution in [2.75, 3.05) is 19.3 Å². The van der Waals surface area contributed by atoms with Crippen molar-refractivity contribution < 1.29 is 12.8 Å². The highest BCUT2D eigenvalue weighted by atomic mass is 32.2. The van der Waals surface area contributed by atoms with Crippen LogP contribution in [0, 0.1) is 23.6 Å². The Morgan fingerprint density at radius 1 is 1.33 bits per heavy atom. The molecule has 1 aromatic rings. The van der Waals surface area contributed by atoms with Crippen molar-refractivity contribution in [1.29, 1.82) is 0 Å². The first-order valence-electron chi connectivity index (χ1n) is 7.39. The molecule has 1 aromatic carbocycles. The van der Waals surface area contributed by atoms with Crippen molar-refractivity contribution >= 4 is 15.7 Å². The van der Waals surface area contributed by atoms with Gasteiger partial charge in [0.05, 0.1) is 0 Å². The number of halogens is 1. The Labute approximate surface area is 125 Å². The molecule has 3 unspecified atom stereocenters. The van der Waals surface area contributed by atoms with Crippen LogP contribution >= 0.6 is 0 Å². The van der Waals surface area contributed by atoms with Gasteiger partial charge < -0.3 is 5.73 Å². The monoisotopic (exact) mass is 312 g/mol. The third kappa shape index (κ3) is 2.66. The van der Waals surface area contributed by atoms with Crippen LogP contribution in [0.15, 0.2) is 23.1 Å². The standard InChI is InChI=1S/C15H21FN2O2S/c1-18(9-12-7-10-2-3-11(12)6-10)21(19,20)15-5-4-13(17)8-14(15)16/h4-5,8,10-12H,2-3,6-7,9,17H2,1H3. The Balaban J connectivity index is 1.78. The van der Waals surface area contributed by atoms with E-state index in [0.29, 0.717) is 18.4 Å². The molecule has 21 heavy (non-hydrogen) atoms. The van der Waals surface area contributed by atoms with E-state index in [-0.39, 0.29) is 10.6 Å². The molecule has 0 aromatic heterocycles. The summed E-state index contributed by atoms with van der Waals surface area (Å²) in [6, 6.07) is 3.72. The topological polar surface area (TPSA) is 63.4 Å². The number of rotatable bonds is 4. The number of nitrogens with zero attached hydrogens (tertiary/aromatic N) is 1. The van der Waals surface area contributed by atoms with E-state index in [1.54, 1.807) is 0 Å². The van der Waals surface area contributed by atoms with E-state index in [1.165, 1.54) is 42.7 Å². The van der Waals surface area contributed by atoms with Crippen molar-refractivity contribution in [1.82, 2.24) is 4.31 Å². The Hall–Kier alpha value is -1.14. The number of hydrogen-bond acceptors (Lipinski definition) is 3. The van der Waals surface area contributed by atoms with Gasteiger partial charge in [0.15, 0.2) is 0 Å². The van der Waals surface area contributed by atoms with Crippen molar-refractivity contribution in [2.24, 2.45) is 17.8 Å². The van der Waals surface area contributed by atoms with Crippen LogP contribution in [0.4, 0.5) is 10.1 Å². The fourth-order valence-electron chi connectivity index (χ4n) is 3.92. The number of nitrogens with two attached hydrogens (primary N) is 1. The largest absolute Gasteiger partial charge is 0.399 e. The van der Waals surface area contributed by atoms with Crippen LogP contribution in [-0.4, -0.2) is 26.3 Å². The summed E-state index contributed by atoms with van der Waals surface area (Å²) in [5.41, 5.74) is 5.70. The third-order valence-electron chi connectivity index (χ3n) is 5.02. The van der Waals surface area contributed by atoms with Gasteiger partial charge >= 0.3 is 0 Å². The van der Waals surface area contributed by atoms with E-state index in [2.05, 4.69) is 0 Å². The molecule has 2 aliphatic rings. The van der Waals surface area contributed by atoms with E-state index in [0.717, 1.165) is 18.4 Å². The number of sulfonamides is 1. The summed E-state index contributed by atoms with van der Waals surface area (Å²) in [6.45, 7) is 0.479. The molecule has 0 spiro atoms. The first kappa shape index (κ1) is 14.8. The van der Waals surface area contributed by atoms with Crippen LogP contribution in [0.3, 0.4) is 0 Å². The predicted molar refractivity (Wildman–Crippen MR) is 79.6 cm³/mol. The maximum Gasteiger partial charge on any atom is 0.245 e. The highest BCUT2D eigenvalue weighted by molar-refractivity contribution is 7.89. The Kier molecular flexibility index (Phi) is 3.69. The molecular formula is C15H21FN2O2S. The number of hydrogen-bond donors (Lipinski definition) is 1. The molecule has 0 radical (unpaired) electrons. The fraction of sp³-hybridized carbons (Fsp3) is 0.600. The molecule has 4 nitrogen and oxygen atoms in total. The van der Waals surface area contributed by atoms with E-state index >= 15 is 0 Å². The number of nitrogen functional groups attached to an aromatic ring is 1. The highest BCUT2D eigenvalue weighted by Crippen LogP contribution is 2.48. The molecule has 3 rings (SSSR count). The van der Waals surface area contributed by atoms with Crippen LogP contribution in [0.5, 0.6) is 0 Å². The van der Waals surface area contributed by atoms with Gasteiger partial charge in [0.1, 0.15) is 10.7 Å². The summed E-state index contributed by atoms with van der Waals surface area (Å²) in [7, 11) is -2.25. The summed E-state index contributed by atoms with van der Waals surface area (Å²) in [5.74, 6) is 1.04. The summed E-state index contributed by atoms with van der Waals surface area (Å²) >= 11 is 0. The summed E-state index contributed by atoms with van der Waals surface area (Å²) in [4.78, 5) is -0.289. The van der Waals surface area contributed by atoms with Crippen molar-refractivity contribution in [3.63, 3.8) is 0 Å². The summed E-state index contributed by atoms with van der Waals surface area (Å²) in [5, 5.41) is 0. The summed E-state index contributed by atoms with van der Waals surface area (Å²) in [6.07, 6.45) is 4.83. The van der Waals surface area contributed by atoms with Crippen molar-refractivity contribution in [3.05, 3.63) is 24.0 Å². The van der Waals surface area contributed by atoms with E-state index < -0.39 is 15.8 Å². The Morgan fingerprint density at radius 2 is 2.10 bits per heavy atom. The second-order valence-electron chi connectivity index (χ2n) is 6.41. The molecule has 0 amide bonds. The van der Waals surface area contributed by atoms with Crippen LogP contribution in [-0.2, 0) is 10.0 Å². The van der Waals surface area contributed by atoms with Gasteiger partial charge in [-0.3, -0.25) is 0 Å². The van der Waals surface area contributed by atoms with Gasteiger partial charge in [-0.15, -0.1) is 0 Å². The van der Waals surface area contributed by atoms with Gasteiger partial charge in [0, 0.05) is 19.3 Å². The lowest BCUT2D eigenvalue weighted by atomic mass is 9.89. The highest BCUT2D eigenvalue weighted by Gasteiger charge is 2.41. The molecule has 2 bridgehead atoms. The molecule has 116 valence electrons. The van der Waals surface area contributed by atoms with Crippen LogP contribution < -0.4 is 5.73 Å². The van der Waals surface area contributed by atoms with Gasteiger partial charge in [-0.25, -0.2) is 17.1 Å². The molecule has 6 heteroatoms. The zero-order valence-electron chi connectivity index (χ0n) is 12.1.